The number of piperidine rings is 1. The van der Waals surface area contributed by atoms with Crippen molar-refractivity contribution in [2.75, 3.05) is 32.1 Å². The Balaban J connectivity index is 2.12. The van der Waals surface area contributed by atoms with E-state index in [2.05, 4.69) is 20.4 Å². The van der Waals surface area contributed by atoms with Crippen molar-refractivity contribution >= 4 is 11.7 Å². The number of nitrogens with two attached hydrogens (primary N) is 1. The quantitative estimate of drug-likeness (QED) is 0.791. The van der Waals surface area contributed by atoms with Gasteiger partial charge in [0.15, 0.2) is 11.5 Å². The number of amides is 1. The van der Waals surface area contributed by atoms with E-state index in [0.717, 1.165) is 25.2 Å². The van der Waals surface area contributed by atoms with Crippen LogP contribution >= 0.6 is 0 Å². The van der Waals surface area contributed by atoms with Crippen LogP contribution in [0.25, 0.3) is 0 Å². The second-order valence-electron chi connectivity index (χ2n) is 4.82. The Morgan fingerprint density at radius 3 is 2.90 bits per heavy atom. The van der Waals surface area contributed by atoms with E-state index in [1.165, 1.54) is 0 Å². The molecule has 0 saturated carbocycles. The number of nitrogens with zero attached hydrogens (tertiary/aromatic N) is 3. The SMILES string of the molecule is CNC(=O)c1ccc(N2CCC(OC)CC2CN)nn1. The predicted octanol–water partition coefficient (Wildman–Crippen LogP) is -0.221. The molecule has 1 aliphatic rings. The number of hydrogen-bond acceptors (Lipinski definition) is 6. The summed E-state index contributed by atoms with van der Waals surface area (Å²) in [4.78, 5) is 13.6. The molecule has 20 heavy (non-hydrogen) atoms. The van der Waals surface area contributed by atoms with Crippen LogP contribution < -0.4 is 16.0 Å². The van der Waals surface area contributed by atoms with E-state index >= 15 is 0 Å². The summed E-state index contributed by atoms with van der Waals surface area (Å²) < 4.78 is 5.40. The van der Waals surface area contributed by atoms with Gasteiger partial charge < -0.3 is 20.7 Å². The van der Waals surface area contributed by atoms with Crippen molar-refractivity contribution < 1.29 is 9.53 Å². The third-order valence-electron chi connectivity index (χ3n) is 3.68. The number of hydrogen-bond donors (Lipinski definition) is 2. The lowest BCUT2D eigenvalue weighted by atomic mass is 9.99. The summed E-state index contributed by atoms with van der Waals surface area (Å²) >= 11 is 0. The number of anilines is 1. The van der Waals surface area contributed by atoms with Crippen LogP contribution in [0.4, 0.5) is 5.82 Å². The number of carbonyl (C=O) groups excluding carboxylic acids is 1. The molecule has 1 aromatic heterocycles. The summed E-state index contributed by atoms with van der Waals surface area (Å²) in [5.74, 6) is 0.514. The van der Waals surface area contributed by atoms with Crippen molar-refractivity contribution in [3.63, 3.8) is 0 Å². The molecule has 2 unspecified atom stereocenters. The van der Waals surface area contributed by atoms with E-state index in [1.807, 2.05) is 6.07 Å². The maximum Gasteiger partial charge on any atom is 0.271 e. The molecule has 7 nitrogen and oxygen atoms in total. The normalized spacial score (nSPS) is 22.6. The molecule has 0 aliphatic carbocycles. The number of aromatic nitrogens is 2. The lowest BCUT2D eigenvalue weighted by Crippen LogP contribution is -2.49. The highest BCUT2D eigenvalue weighted by atomic mass is 16.5. The molecule has 0 bridgehead atoms. The van der Waals surface area contributed by atoms with Gasteiger partial charge in [-0.25, -0.2) is 0 Å². The third kappa shape index (κ3) is 3.05. The van der Waals surface area contributed by atoms with Crippen molar-refractivity contribution in [2.45, 2.75) is 25.0 Å². The number of rotatable bonds is 4. The molecule has 1 fully saturated rings. The van der Waals surface area contributed by atoms with Gasteiger partial charge >= 0.3 is 0 Å². The number of ether oxygens (including phenoxy) is 1. The van der Waals surface area contributed by atoms with Crippen LogP contribution in [0.3, 0.4) is 0 Å². The average Bonchev–Trinajstić information content (AvgIpc) is 2.53. The molecule has 0 aromatic carbocycles. The Morgan fingerprint density at radius 1 is 1.55 bits per heavy atom. The highest BCUT2D eigenvalue weighted by Gasteiger charge is 2.28. The van der Waals surface area contributed by atoms with Crippen molar-refractivity contribution in [1.82, 2.24) is 15.5 Å². The van der Waals surface area contributed by atoms with Crippen LogP contribution in [0, 0.1) is 0 Å². The van der Waals surface area contributed by atoms with E-state index in [0.29, 0.717) is 12.2 Å². The molecule has 3 N–H and O–H groups in total. The van der Waals surface area contributed by atoms with Crippen LogP contribution in [0.5, 0.6) is 0 Å². The molecule has 110 valence electrons. The Hall–Kier alpha value is -1.73. The smallest absolute Gasteiger partial charge is 0.271 e. The fraction of sp³-hybridized carbons (Fsp3) is 0.615. The van der Waals surface area contributed by atoms with Crippen LogP contribution in [0.2, 0.25) is 0 Å². The van der Waals surface area contributed by atoms with Gasteiger partial charge in [0.05, 0.1) is 6.10 Å². The topological polar surface area (TPSA) is 93.4 Å². The van der Waals surface area contributed by atoms with Gasteiger partial charge in [0, 0.05) is 33.3 Å². The molecule has 1 aromatic rings. The predicted molar refractivity (Wildman–Crippen MR) is 75.6 cm³/mol. The van der Waals surface area contributed by atoms with Gasteiger partial charge in [-0.15, -0.1) is 10.2 Å². The minimum absolute atomic E-state index is 0.189. The first-order valence-corrected chi connectivity index (χ1v) is 6.75. The van der Waals surface area contributed by atoms with E-state index in [1.54, 1.807) is 20.2 Å². The number of methoxy groups -OCH3 is 1. The summed E-state index contributed by atoms with van der Waals surface area (Å²) in [6.45, 7) is 1.37. The van der Waals surface area contributed by atoms with Gasteiger partial charge in [0.1, 0.15) is 0 Å². The summed E-state index contributed by atoms with van der Waals surface area (Å²) in [6.07, 6.45) is 2.07. The van der Waals surface area contributed by atoms with Crippen LogP contribution in [-0.4, -0.2) is 55.5 Å². The number of carbonyl (C=O) groups is 1. The standard InChI is InChI=1S/C13H21N5O2/c1-15-13(19)11-3-4-12(17-16-11)18-6-5-10(20-2)7-9(18)8-14/h3-4,9-10H,5-8,14H2,1-2H3,(H,15,19). The number of nitrogens with one attached hydrogen (secondary N) is 1. The minimum Gasteiger partial charge on any atom is -0.381 e. The molecular formula is C13H21N5O2. The van der Waals surface area contributed by atoms with Crippen molar-refractivity contribution in [3.05, 3.63) is 17.8 Å². The van der Waals surface area contributed by atoms with Crippen LogP contribution in [0.15, 0.2) is 12.1 Å². The molecule has 2 heterocycles. The summed E-state index contributed by atoms with van der Waals surface area (Å²) in [5, 5.41) is 10.6. The second-order valence-corrected chi connectivity index (χ2v) is 4.82. The summed E-state index contributed by atoms with van der Waals surface area (Å²) in [7, 11) is 3.30. The first-order chi connectivity index (χ1) is 9.69. The fourth-order valence-electron chi connectivity index (χ4n) is 2.48. The van der Waals surface area contributed by atoms with Gasteiger partial charge in [-0.05, 0) is 25.0 Å². The Bertz CT molecular complexity index is 451. The molecule has 7 heteroatoms. The van der Waals surface area contributed by atoms with E-state index < -0.39 is 0 Å². The Kier molecular flexibility index (Phi) is 4.86. The van der Waals surface area contributed by atoms with Gasteiger partial charge in [-0.2, -0.15) is 0 Å². The zero-order valence-electron chi connectivity index (χ0n) is 11.9. The molecule has 1 amide bonds. The van der Waals surface area contributed by atoms with Gasteiger partial charge in [-0.1, -0.05) is 0 Å². The van der Waals surface area contributed by atoms with Crippen molar-refractivity contribution in [2.24, 2.45) is 5.73 Å². The van der Waals surface area contributed by atoms with Crippen molar-refractivity contribution in [3.8, 4) is 0 Å². The average molecular weight is 279 g/mol. The van der Waals surface area contributed by atoms with Crippen LogP contribution in [-0.2, 0) is 4.74 Å². The van der Waals surface area contributed by atoms with Crippen molar-refractivity contribution in [1.29, 1.82) is 0 Å². The lowest BCUT2D eigenvalue weighted by Gasteiger charge is -2.38. The molecule has 1 aliphatic heterocycles. The minimum atomic E-state index is -0.238. The summed E-state index contributed by atoms with van der Waals surface area (Å²) in [6, 6.07) is 3.68. The molecule has 0 radical (unpaired) electrons. The third-order valence-corrected chi connectivity index (χ3v) is 3.68. The highest BCUT2D eigenvalue weighted by Crippen LogP contribution is 2.23. The molecule has 2 atom stereocenters. The maximum atomic E-state index is 11.4. The molecule has 1 saturated heterocycles. The first-order valence-electron chi connectivity index (χ1n) is 6.75. The molecular weight excluding hydrogens is 258 g/mol. The zero-order valence-corrected chi connectivity index (χ0v) is 11.9. The largest absolute Gasteiger partial charge is 0.381 e. The molecule has 0 spiro atoms. The van der Waals surface area contributed by atoms with Gasteiger partial charge in [0.25, 0.3) is 5.91 Å². The molecule has 2 rings (SSSR count). The summed E-state index contributed by atoms with van der Waals surface area (Å²) in [5.41, 5.74) is 6.15. The van der Waals surface area contributed by atoms with Gasteiger partial charge in [0.2, 0.25) is 0 Å². The van der Waals surface area contributed by atoms with E-state index in [9.17, 15) is 4.79 Å². The lowest BCUT2D eigenvalue weighted by molar-refractivity contribution is 0.0707. The first kappa shape index (κ1) is 14.7. The Morgan fingerprint density at radius 2 is 2.35 bits per heavy atom. The second kappa shape index (κ2) is 6.62. The van der Waals surface area contributed by atoms with E-state index in [-0.39, 0.29) is 18.1 Å². The zero-order chi connectivity index (χ0) is 14.5. The van der Waals surface area contributed by atoms with E-state index in [4.69, 9.17) is 10.5 Å². The Labute approximate surface area is 118 Å². The highest BCUT2D eigenvalue weighted by molar-refractivity contribution is 5.91. The monoisotopic (exact) mass is 279 g/mol. The maximum absolute atomic E-state index is 11.4. The fourth-order valence-corrected chi connectivity index (χ4v) is 2.48. The van der Waals surface area contributed by atoms with Gasteiger partial charge in [-0.3, -0.25) is 4.79 Å². The van der Waals surface area contributed by atoms with Crippen LogP contribution in [0.1, 0.15) is 23.3 Å².